The Kier molecular flexibility index (Phi) is 8.13. The van der Waals surface area contributed by atoms with Crippen molar-refractivity contribution in [3.05, 3.63) is 76.6 Å². The maximum Gasteiger partial charge on any atom is 0.228 e. The Hall–Kier alpha value is -3.25. The van der Waals surface area contributed by atoms with E-state index in [-0.39, 0.29) is 28.9 Å². The van der Waals surface area contributed by atoms with Gasteiger partial charge in [-0.2, -0.15) is 0 Å². The van der Waals surface area contributed by atoms with Crippen LogP contribution < -0.4 is 4.90 Å². The summed E-state index contributed by atoms with van der Waals surface area (Å²) in [6, 6.07) is 14.6. The molecule has 1 saturated heterocycles. The van der Waals surface area contributed by atoms with Crippen molar-refractivity contribution in [2.45, 2.75) is 52.4 Å². The third-order valence-corrected chi connectivity index (χ3v) is 6.70. The Bertz CT molecular complexity index is 1110. The monoisotopic (exact) mass is 474 g/mol. The Morgan fingerprint density at radius 3 is 2.14 bits per heavy atom. The number of unbranched alkanes of at least 4 members (excludes halogenated alkanes) is 4. The van der Waals surface area contributed by atoms with E-state index in [2.05, 4.69) is 6.92 Å². The van der Waals surface area contributed by atoms with Crippen LogP contribution in [0.2, 0.25) is 0 Å². The highest BCUT2D eigenvalue weighted by Crippen LogP contribution is 2.34. The Morgan fingerprint density at radius 2 is 1.51 bits per heavy atom. The van der Waals surface area contributed by atoms with Gasteiger partial charge in [0, 0.05) is 36.8 Å². The number of amides is 1. The second-order valence-electron chi connectivity index (χ2n) is 9.19. The zero-order chi connectivity index (χ0) is 24.8. The van der Waals surface area contributed by atoms with Crippen LogP contribution in [0, 0.1) is 0 Å². The average molecular weight is 475 g/mol. The van der Waals surface area contributed by atoms with Gasteiger partial charge in [-0.1, -0.05) is 69.0 Å². The summed E-state index contributed by atoms with van der Waals surface area (Å²) in [6.07, 6.45) is 7.07. The number of carbonyl (C=O) groups is 3. The smallest absolute Gasteiger partial charge is 0.228 e. The lowest BCUT2D eigenvalue weighted by molar-refractivity contribution is -0.116. The van der Waals surface area contributed by atoms with E-state index in [1.807, 2.05) is 29.2 Å². The molecule has 35 heavy (non-hydrogen) atoms. The first-order chi connectivity index (χ1) is 17.0. The van der Waals surface area contributed by atoms with Crippen LogP contribution in [-0.2, 0) is 16.0 Å². The molecular weight excluding hydrogens is 440 g/mol. The predicted octanol–water partition coefficient (Wildman–Crippen LogP) is 5.18. The summed E-state index contributed by atoms with van der Waals surface area (Å²) in [6.45, 7) is 5.55. The number of morpholine rings is 1. The van der Waals surface area contributed by atoms with Crippen LogP contribution in [0.3, 0.4) is 0 Å². The minimum atomic E-state index is -0.308. The van der Waals surface area contributed by atoms with Crippen molar-refractivity contribution in [1.29, 1.82) is 0 Å². The number of fused-ring (bicyclic) bond motifs is 1. The summed E-state index contributed by atoms with van der Waals surface area (Å²) in [4.78, 5) is 43.7. The molecule has 1 heterocycles. The van der Waals surface area contributed by atoms with E-state index < -0.39 is 0 Å². The molecule has 0 unspecified atom stereocenters. The van der Waals surface area contributed by atoms with E-state index in [0.717, 1.165) is 12.8 Å². The molecule has 2 aliphatic rings. The molecule has 1 fully saturated rings. The van der Waals surface area contributed by atoms with Gasteiger partial charge < -0.3 is 9.64 Å². The number of allylic oxidation sites excluding steroid dienone is 2. The van der Waals surface area contributed by atoms with Crippen LogP contribution in [0.25, 0.3) is 0 Å². The van der Waals surface area contributed by atoms with Gasteiger partial charge in [-0.05, 0) is 30.5 Å². The highest BCUT2D eigenvalue weighted by molar-refractivity contribution is 6.29. The molecule has 0 saturated carbocycles. The summed E-state index contributed by atoms with van der Waals surface area (Å²) in [5.74, 6) is -0.845. The van der Waals surface area contributed by atoms with Gasteiger partial charge in [-0.3, -0.25) is 19.3 Å². The van der Waals surface area contributed by atoms with Gasteiger partial charge in [0.25, 0.3) is 0 Å². The van der Waals surface area contributed by atoms with Crippen LogP contribution in [0.5, 0.6) is 0 Å². The number of benzene rings is 2. The summed E-state index contributed by atoms with van der Waals surface area (Å²) in [5.41, 5.74) is 2.92. The molecule has 0 N–H and O–H groups in total. The highest BCUT2D eigenvalue weighted by atomic mass is 16.5. The molecule has 0 radical (unpaired) electrons. The third kappa shape index (κ3) is 5.38. The molecule has 0 spiro atoms. The van der Waals surface area contributed by atoms with E-state index in [4.69, 9.17) is 4.74 Å². The molecule has 4 rings (SSSR count). The summed E-state index contributed by atoms with van der Waals surface area (Å²) in [7, 11) is 0. The van der Waals surface area contributed by atoms with Crippen molar-refractivity contribution in [2.24, 2.45) is 0 Å². The van der Waals surface area contributed by atoms with E-state index in [1.54, 1.807) is 24.3 Å². The fourth-order valence-electron chi connectivity index (χ4n) is 4.85. The number of ether oxygens (including phenoxy) is 1. The normalized spacial score (nSPS) is 15.9. The van der Waals surface area contributed by atoms with Crippen LogP contribution in [0.1, 0.15) is 72.2 Å². The Balaban J connectivity index is 1.70. The van der Waals surface area contributed by atoms with E-state index in [1.165, 1.54) is 43.1 Å². The van der Waals surface area contributed by atoms with Crippen molar-refractivity contribution in [3.8, 4) is 0 Å². The maximum absolute atomic E-state index is 13.8. The third-order valence-electron chi connectivity index (χ3n) is 6.70. The van der Waals surface area contributed by atoms with Crippen molar-refractivity contribution < 1.29 is 19.1 Å². The van der Waals surface area contributed by atoms with Crippen molar-refractivity contribution in [3.63, 3.8) is 0 Å². The van der Waals surface area contributed by atoms with Gasteiger partial charge in [0.15, 0.2) is 0 Å². The quantitative estimate of drug-likeness (QED) is 0.469. The first-order valence-electron chi connectivity index (χ1n) is 12.7. The number of hydrogen-bond acceptors (Lipinski definition) is 5. The second-order valence-corrected chi connectivity index (χ2v) is 9.19. The van der Waals surface area contributed by atoms with Gasteiger partial charge >= 0.3 is 0 Å². The molecule has 2 aromatic rings. The lowest BCUT2D eigenvalue weighted by atomic mass is 9.88. The zero-order valence-electron chi connectivity index (χ0n) is 20.7. The number of Topliss-reactive ketones (excluding diaryl/α,β-unsaturated/α-hetero) is 2. The van der Waals surface area contributed by atoms with Gasteiger partial charge in [-0.15, -0.1) is 0 Å². The van der Waals surface area contributed by atoms with E-state index in [9.17, 15) is 14.4 Å². The molecule has 0 bridgehead atoms. The number of aryl methyl sites for hydroxylation is 1. The van der Waals surface area contributed by atoms with Crippen molar-refractivity contribution >= 4 is 23.2 Å². The first kappa shape index (κ1) is 24.9. The fraction of sp³-hybridized carbons (Fsp3) is 0.414. The molecule has 184 valence electrons. The highest BCUT2D eigenvalue weighted by Gasteiger charge is 2.39. The minimum Gasteiger partial charge on any atom is -0.378 e. The van der Waals surface area contributed by atoms with Gasteiger partial charge in [0.2, 0.25) is 17.5 Å². The first-order valence-corrected chi connectivity index (χ1v) is 12.7. The van der Waals surface area contributed by atoms with Crippen LogP contribution >= 0.6 is 0 Å². The summed E-state index contributed by atoms with van der Waals surface area (Å²) >= 11 is 0. The summed E-state index contributed by atoms with van der Waals surface area (Å²) < 4.78 is 5.48. The number of rotatable bonds is 9. The zero-order valence-corrected chi connectivity index (χ0v) is 20.7. The summed E-state index contributed by atoms with van der Waals surface area (Å²) in [5, 5.41) is 0. The number of anilines is 1. The molecule has 1 amide bonds. The Morgan fingerprint density at radius 1 is 0.886 bits per heavy atom. The van der Waals surface area contributed by atoms with E-state index in [0.29, 0.717) is 43.1 Å². The lowest BCUT2D eigenvalue weighted by Gasteiger charge is -2.36. The van der Waals surface area contributed by atoms with Gasteiger partial charge in [0.1, 0.15) is 11.4 Å². The predicted molar refractivity (Wildman–Crippen MR) is 137 cm³/mol. The van der Waals surface area contributed by atoms with Gasteiger partial charge in [0.05, 0.1) is 13.2 Å². The SMILES string of the molecule is CCCCCCCc1ccc(N(C(C)=O)C2=C(N3CCOCC3)C(=O)c3ccccc3C2=O)cc1. The number of carbonyl (C=O) groups excluding carboxylic acids is 3. The molecule has 0 aromatic heterocycles. The van der Waals surface area contributed by atoms with Crippen LogP contribution in [-0.4, -0.2) is 48.7 Å². The van der Waals surface area contributed by atoms with E-state index >= 15 is 0 Å². The second kappa shape index (κ2) is 11.5. The molecule has 6 nitrogen and oxygen atoms in total. The maximum atomic E-state index is 13.8. The van der Waals surface area contributed by atoms with Gasteiger partial charge in [-0.25, -0.2) is 0 Å². The molecule has 1 aliphatic carbocycles. The topological polar surface area (TPSA) is 66.9 Å². The standard InChI is InChI=1S/C29H34N2O4/c1-3-4-5-6-7-10-22-13-15-23(16-14-22)31(21(2)32)27-26(30-17-19-35-20-18-30)28(33)24-11-8-9-12-25(24)29(27)34/h8-9,11-16H,3-7,10,17-20H2,1-2H3. The van der Waals surface area contributed by atoms with Crippen LogP contribution in [0.15, 0.2) is 59.9 Å². The molecule has 6 heteroatoms. The number of ketones is 2. The van der Waals surface area contributed by atoms with Crippen molar-refractivity contribution in [1.82, 2.24) is 4.90 Å². The Labute approximate surface area is 207 Å². The lowest BCUT2D eigenvalue weighted by Crippen LogP contribution is -2.45. The fourth-order valence-corrected chi connectivity index (χ4v) is 4.85. The number of hydrogen-bond donors (Lipinski definition) is 0. The largest absolute Gasteiger partial charge is 0.378 e. The molecular formula is C29H34N2O4. The average Bonchev–Trinajstić information content (AvgIpc) is 2.88. The van der Waals surface area contributed by atoms with Crippen LogP contribution in [0.4, 0.5) is 5.69 Å². The molecule has 0 atom stereocenters. The molecule has 2 aromatic carbocycles. The van der Waals surface area contributed by atoms with Crippen molar-refractivity contribution in [2.75, 3.05) is 31.2 Å². The number of nitrogens with zero attached hydrogens (tertiary/aromatic N) is 2. The minimum absolute atomic E-state index is 0.135. The molecule has 1 aliphatic heterocycles.